The highest BCUT2D eigenvalue weighted by Gasteiger charge is 2.31. The topological polar surface area (TPSA) is 96.0 Å². The lowest BCUT2D eigenvalue weighted by atomic mass is 9.98. The molecule has 1 aliphatic heterocycles. The van der Waals surface area contributed by atoms with Gasteiger partial charge in [-0.15, -0.1) is 0 Å². The molecule has 0 unspecified atom stereocenters. The van der Waals surface area contributed by atoms with Crippen LogP contribution in [-0.2, 0) is 6.54 Å². The number of unbranched alkanes of at least 4 members (excludes halogenated alkanes) is 1. The number of fused-ring (bicyclic) bond motifs is 1. The maximum Gasteiger partial charge on any atom is 0.329 e. The van der Waals surface area contributed by atoms with Crippen LogP contribution in [0, 0.1) is 0 Å². The summed E-state index contributed by atoms with van der Waals surface area (Å²) < 4.78 is 1.43. The van der Waals surface area contributed by atoms with Crippen LogP contribution in [0.15, 0.2) is 39.9 Å². The van der Waals surface area contributed by atoms with Crippen molar-refractivity contribution in [3.8, 4) is 0 Å². The second kappa shape index (κ2) is 6.12. The van der Waals surface area contributed by atoms with Gasteiger partial charge in [-0.05, 0) is 12.0 Å². The fourth-order valence-corrected chi connectivity index (χ4v) is 2.76. The van der Waals surface area contributed by atoms with Crippen molar-refractivity contribution in [3.05, 3.63) is 62.3 Å². The average molecular weight is 314 g/mol. The lowest BCUT2D eigenvalue weighted by Gasteiger charge is -2.28. The number of rotatable bonds is 4. The Morgan fingerprint density at radius 3 is 2.57 bits per heavy atom. The van der Waals surface area contributed by atoms with E-state index in [2.05, 4.69) is 15.6 Å². The van der Waals surface area contributed by atoms with Gasteiger partial charge in [0.25, 0.3) is 5.56 Å². The Hall–Kier alpha value is -2.83. The smallest absolute Gasteiger partial charge is 0.327 e. The molecule has 120 valence electrons. The van der Waals surface area contributed by atoms with Crippen molar-refractivity contribution in [3.63, 3.8) is 0 Å². The number of carbonyl (C=O) groups is 1. The van der Waals surface area contributed by atoms with Crippen LogP contribution in [-0.4, -0.2) is 15.6 Å². The Kier molecular flexibility index (Phi) is 4.01. The number of anilines is 1. The molecule has 3 N–H and O–H groups in total. The normalized spacial score (nSPS) is 16.4. The first-order valence-electron chi connectivity index (χ1n) is 7.61. The molecule has 23 heavy (non-hydrogen) atoms. The van der Waals surface area contributed by atoms with E-state index in [9.17, 15) is 14.4 Å². The second-order valence-corrected chi connectivity index (χ2v) is 5.47. The molecule has 0 aliphatic carbocycles. The van der Waals surface area contributed by atoms with Gasteiger partial charge in [0.15, 0.2) is 0 Å². The number of hydrogen-bond donors (Lipinski definition) is 3. The van der Waals surface area contributed by atoms with Gasteiger partial charge in [0.05, 0.1) is 11.6 Å². The maximum atomic E-state index is 12.3. The van der Waals surface area contributed by atoms with Gasteiger partial charge in [0.2, 0.25) is 0 Å². The third-order valence-corrected chi connectivity index (χ3v) is 3.90. The molecule has 2 aromatic rings. The molecule has 1 aromatic heterocycles. The van der Waals surface area contributed by atoms with Gasteiger partial charge < -0.3 is 5.32 Å². The molecule has 1 atom stereocenters. The van der Waals surface area contributed by atoms with Crippen LogP contribution < -0.4 is 21.9 Å². The summed E-state index contributed by atoms with van der Waals surface area (Å²) in [6.45, 7) is 2.45. The van der Waals surface area contributed by atoms with E-state index in [0.29, 0.717) is 12.1 Å². The van der Waals surface area contributed by atoms with Gasteiger partial charge in [-0.25, -0.2) is 9.59 Å². The van der Waals surface area contributed by atoms with Crippen LogP contribution in [0.1, 0.15) is 36.9 Å². The maximum absolute atomic E-state index is 12.3. The van der Waals surface area contributed by atoms with E-state index in [4.69, 9.17) is 0 Å². The molecule has 2 amide bonds. The molecule has 1 aromatic carbocycles. The number of carbonyl (C=O) groups excluding carboxylic acids is 1. The van der Waals surface area contributed by atoms with Gasteiger partial charge in [0, 0.05) is 6.54 Å². The number of aromatic nitrogens is 2. The predicted octanol–water partition coefficient (Wildman–Crippen LogP) is 1.56. The van der Waals surface area contributed by atoms with Gasteiger partial charge in [-0.1, -0.05) is 43.7 Å². The minimum absolute atomic E-state index is 0.282. The number of hydrogen-bond acceptors (Lipinski definition) is 3. The summed E-state index contributed by atoms with van der Waals surface area (Å²) in [4.78, 5) is 38.8. The van der Waals surface area contributed by atoms with E-state index >= 15 is 0 Å². The van der Waals surface area contributed by atoms with Crippen LogP contribution >= 0.6 is 0 Å². The van der Waals surface area contributed by atoms with E-state index < -0.39 is 23.3 Å². The molecule has 3 rings (SSSR count). The van der Waals surface area contributed by atoms with Crippen molar-refractivity contribution in [1.82, 2.24) is 14.9 Å². The molecule has 0 radical (unpaired) electrons. The number of H-pyrrole nitrogens is 1. The molecule has 0 saturated heterocycles. The summed E-state index contributed by atoms with van der Waals surface area (Å²) in [5.74, 6) is 0.282. The second-order valence-electron chi connectivity index (χ2n) is 5.47. The van der Waals surface area contributed by atoms with Crippen molar-refractivity contribution >= 4 is 11.8 Å². The van der Waals surface area contributed by atoms with E-state index in [1.165, 1.54) is 4.57 Å². The molecule has 1 aliphatic rings. The fraction of sp³-hybridized carbons (Fsp3) is 0.312. The summed E-state index contributed by atoms with van der Waals surface area (Å²) in [5, 5.41) is 5.36. The number of nitrogens with one attached hydrogen (secondary N) is 3. The molecule has 0 bridgehead atoms. The fourth-order valence-electron chi connectivity index (χ4n) is 2.76. The zero-order valence-corrected chi connectivity index (χ0v) is 12.8. The third-order valence-electron chi connectivity index (χ3n) is 3.90. The molecule has 2 heterocycles. The summed E-state index contributed by atoms with van der Waals surface area (Å²) >= 11 is 0. The number of aromatic amines is 1. The lowest BCUT2D eigenvalue weighted by Crippen LogP contribution is -2.46. The Balaban J connectivity index is 2.20. The highest BCUT2D eigenvalue weighted by molar-refractivity contribution is 5.92. The predicted molar refractivity (Wildman–Crippen MR) is 86.7 cm³/mol. The minimum Gasteiger partial charge on any atom is -0.327 e. The highest BCUT2D eigenvalue weighted by Crippen LogP contribution is 2.28. The number of amides is 2. The van der Waals surface area contributed by atoms with Crippen LogP contribution in [0.5, 0.6) is 0 Å². The Morgan fingerprint density at radius 2 is 1.87 bits per heavy atom. The minimum atomic E-state index is -0.586. The number of nitrogens with zero attached hydrogens (tertiary/aromatic N) is 1. The van der Waals surface area contributed by atoms with Crippen molar-refractivity contribution in [2.75, 3.05) is 5.32 Å². The Bertz CT molecular complexity index is 839. The van der Waals surface area contributed by atoms with Crippen molar-refractivity contribution in [2.24, 2.45) is 0 Å². The first-order chi connectivity index (χ1) is 11.1. The van der Waals surface area contributed by atoms with Gasteiger partial charge in [0.1, 0.15) is 5.82 Å². The first kappa shape index (κ1) is 15.1. The van der Waals surface area contributed by atoms with Crippen molar-refractivity contribution < 1.29 is 4.79 Å². The third kappa shape index (κ3) is 2.77. The van der Waals surface area contributed by atoms with Gasteiger partial charge in [-0.3, -0.25) is 19.7 Å². The van der Waals surface area contributed by atoms with Gasteiger partial charge in [-0.2, -0.15) is 0 Å². The molecule has 7 nitrogen and oxygen atoms in total. The SMILES string of the molecule is CCCCn1c2c(c(=O)[nH]c1=O)[C@H](c1ccccc1)NC(=O)N2. The summed E-state index contributed by atoms with van der Waals surface area (Å²) in [7, 11) is 0. The number of urea groups is 1. The van der Waals surface area contributed by atoms with Crippen LogP contribution in [0.25, 0.3) is 0 Å². The average Bonchev–Trinajstić information content (AvgIpc) is 2.54. The van der Waals surface area contributed by atoms with E-state index in [-0.39, 0.29) is 5.82 Å². The monoisotopic (exact) mass is 314 g/mol. The molecule has 7 heteroatoms. The summed E-state index contributed by atoms with van der Waals surface area (Å²) in [6, 6.07) is 8.19. The lowest BCUT2D eigenvalue weighted by molar-refractivity contribution is 0.248. The van der Waals surface area contributed by atoms with Crippen molar-refractivity contribution in [2.45, 2.75) is 32.4 Å². The first-order valence-corrected chi connectivity index (χ1v) is 7.61. The Morgan fingerprint density at radius 1 is 1.13 bits per heavy atom. The number of benzene rings is 1. The molecular weight excluding hydrogens is 296 g/mol. The van der Waals surface area contributed by atoms with Crippen LogP contribution in [0.3, 0.4) is 0 Å². The largest absolute Gasteiger partial charge is 0.329 e. The van der Waals surface area contributed by atoms with Crippen LogP contribution in [0.2, 0.25) is 0 Å². The summed E-state index contributed by atoms with van der Waals surface area (Å²) in [6.07, 6.45) is 1.67. The summed E-state index contributed by atoms with van der Waals surface area (Å²) in [5.41, 5.74) is 0.150. The van der Waals surface area contributed by atoms with Crippen LogP contribution in [0.4, 0.5) is 10.6 Å². The zero-order chi connectivity index (χ0) is 16.4. The molecule has 0 fully saturated rings. The van der Waals surface area contributed by atoms with E-state index in [1.807, 2.05) is 37.3 Å². The molecule has 0 saturated carbocycles. The van der Waals surface area contributed by atoms with E-state index in [0.717, 1.165) is 18.4 Å². The van der Waals surface area contributed by atoms with E-state index in [1.54, 1.807) is 0 Å². The standard InChI is InChI=1S/C16H18N4O3/c1-2-3-9-20-13-11(14(21)19-16(20)23)12(17-15(22)18-13)10-7-5-4-6-8-10/h4-8,12H,2-3,9H2,1H3,(H2,17,18,22)(H,19,21,23)/t12-/m0/s1. The zero-order valence-electron chi connectivity index (χ0n) is 12.8. The van der Waals surface area contributed by atoms with Crippen molar-refractivity contribution in [1.29, 1.82) is 0 Å². The highest BCUT2D eigenvalue weighted by atomic mass is 16.2. The quantitative estimate of drug-likeness (QED) is 0.799. The molecular formula is C16H18N4O3. The molecule has 0 spiro atoms. The Labute approximate surface area is 132 Å². The van der Waals surface area contributed by atoms with Gasteiger partial charge >= 0.3 is 11.7 Å².